The van der Waals surface area contributed by atoms with Gasteiger partial charge in [-0.25, -0.2) is 4.79 Å². The maximum atomic E-state index is 12.0. The minimum absolute atomic E-state index is 0.186. The Kier molecular flexibility index (Phi) is 9.18. The van der Waals surface area contributed by atoms with E-state index in [1.807, 2.05) is 17.3 Å². The molecule has 0 bridgehead atoms. The van der Waals surface area contributed by atoms with Crippen LogP contribution in [0.15, 0.2) is 6.07 Å². The molecule has 0 aliphatic heterocycles. The van der Waals surface area contributed by atoms with E-state index >= 15 is 0 Å². The molecule has 0 fully saturated rings. The summed E-state index contributed by atoms with van der Waals surface area (Å²) in [6, 6.07) is 1.85. The van der Waals surface area contributed by atoms with Crippen LogP contribution in [0.3, 0.4) is 0 Å². The van der Waals surface area contributed by atoms with Crippen molar-refractivity contribution in [3.05, 3.63) is 16.5 Å². The van der Waals surface area contributed by atoms with Gasteiger partial charge in [0.1, 0.15) is 5.00 Å². The molecule has 8 heteroatoms. The lowest BCUT2D eigenvalue weighted by molar-refractivity contribution is -0.143. The first-order chi connectivity index (χ1) is 10.5. The molecule has 1 aromatic heterocycles. The maximum absolute atomic E-state index is 12.0. The van der Waals surface area contributed by atoms with Crippen molar-refractivity contribution in [1.82, 2.24) is 0 Å². The van der Waals surface area contributed by atoms with Crippen LogP contribution < -0.4 is 4.31 Å². The lowest BCUT2D eigenvalue weighted by atomic mass is 10.2. The highest BCUT2D eigenvalue weighted by atomic mass is 127. The van der Waals surface area contributed by atoms with Gasteiger partial charge < -0.3 is 9.47 Å². The van der Waals surface area contributed by atoms with Crippen LogP contribution in [-0.4, -0.2) is 31.7 Å². The molecule has 0 atom stereocenters. The quantitative estimate of drug-likeness (QED) is 0.312. The van der Waals surface area contributed by atoms with Crippen LogP contribution in [0.2, 0.25) is 0 Å². The number of thiophene rings is 1. The summed E-state index contributed by atoms with van der Waals surface area (Å²) in [7, 11) is 1.50. The predicted octanol–water partition coefficient (Wildman–Crippen LogP) is 4.38. The van der Waals surface area contributed by atoms with E-state index in [0.717, 1.165) is 9.88 Å². The Labute approximate surface area is 151 Å². The molecule has 0 saturated heterocycles. The van der Waals surface area contributed by atoms with Crippen LogP contribution >= 0.6 is 41.7 Å². The topological polar surface area (TPSA) is 55.8 Å². The van der Waals surface area contributed by atoms with Gasteiger partial charge in [-0.3, -0.25) is 9.10 Å². The molecular weight excluding hydrogens is 437 g/mol. The van der Waals surface area contributed by atoms with Crippen molar-refractivity contribution in [1.29, 1.82) is 0 Å². The fraction of sp³-hybridized carbons (Fsp3) is 0.571. The van der Waals surface area contributed by atoms with Gasteiger partial charge in [-0.2, -0.15) is 0 Å². The van der Waals surface area contributed by atoms with Gasteiger partial charge in [0.25, 0.3) is 0 Å². The second kappa shape index (κ2) is 10.3. The molecule has 0 N–H and O–H groups in total. The second-order valence-corrected chi connectivity index (χ2v) is 7.37. The van der Waals surface area contributed by atoms with Crippen molar-refractivity contribution in [3.8, 4) is 0 Å². The fourth-order valence-corrected chi connectivity index (χ4v) is 4.90. The third-order valence-electron chi connectivity index (χ3n) is 2.69. The van der Waals surface area contributed by atoms with E-state index in [0.29, 0.717) is 38.2 Å². The molecule has 124 valence electrons. The van der Waals surface area contributed by atoms with Crippen molar-refractivity contribution in [3.63, 3.8) is 0 Å². The molecule has 0 aromatic carbocycles. The van der Waals surface area contributed by atoms with Gasteiger partial charge >= 0.3 is 11.9 Å². The van der Waals surface area contributed by atoms with E-state index < -0.39 is 0 Å². The first-order valence-corrected chi connectivity index (χ1v) is 11.2. The number of anilines is 1. The number of carbonyl (C=O) groups excluding carboxylic acids is 2. The first-order valence-electron chi connectivity index (χ1n) is 7.02. The van der Waals surface area contributed by atoms with Crippen LogP contribution in [0.25, 0.3) is 0 Å². The smallest absolute Gasteiger partial charge is 0.341 e. The predicted molar refractivity (Wildman–Crippen MR) is 99.8 cm³/mol. The number of rotatable bonds is 9. The average Bonchev–Trinajstić information content (AvgIpc) is 2.86. The molecule has 0 radical (unpaired) electrons. The summed E-state index contributed by atoms with van der Waals surface area (Å²) in [5.74, 6) is -0.489. The highest BCUT2D eigenvalue weighted by Crippen LogP contribution is 2.37. The van der Waals surface area contributed by atoms with Gasteiger partial charge in [0.05, 0.1) is 18.8 Å². The molecule has 0 aliphatic rings. The van der Waals surface area contributed by atoms with Crippen molar-refractivity contribution < 1.29 is 19.1 Å². The van der Waals surface area contributed by atoms with Gasteiger partial charge in [-0.1, -0.05) is 0 Å². The highest BCUT2D eigenvalue weighted by Gasteiger charge is 2.21. The molecule has 5 nitrogen and oxygen atoms in total. The van der Waals surface area contributed by atoms with Crippen LogP contribution in [-0.2, 0) is 14.3 Å². The number of esters is 2. The van der Waals surface area contributed by atoms with E-state index in [9.17, 15) is 9.59 Å². The lowest BCUT2D eigenvalue weighted by Crippen LogP contribution is -2.17. The minimum Gasteiger partial charge on any atom is -0.466 e. The fourth-order valence-electron chi connectivity index (χ4n) is 1.81. The molecule has 0 saturated carbocycles. The molecule has 0 unspecified atom stereocenters. The number of hydrogen-bond donors (Lipinski definition) is 0. The Morgan fingerprint density at radius 1 is 1.32 bits per heavy atom. The third-order valence-corrected chi connectivity index (χ3v) is 5.84. The van der Waals surface area contributed by atoms with E-state index in [4.69, 9.17) is 9.47 Å². The summed E-state index contributed by atoms with van der Waals surface area (Å²) in [6.45, 7) is 6.98. The third kappa shape index (κ3) is 5.96. The van der Waals surface area contributed by atoms with Crippen LogP contribution in [0.5, 0.6) is 0 Å². The molecule has 1 heterocycles. The number of ether oxygens (including phenoxy) is 2. The summed E-state index contributed by atoms with van der Waals surface area (Å²) >= 11 is 3.73. The SMILES string of the molecule is CCOC(=O)CCCN(SI)c1sc(C)cc1C(=O)OCC. The molecule has 0 aliphatic carbocycles. The van der Waals surface area contributed by atoms with Gasteiger partial charge in [0.15, 0.2) is 0 Å². The summed E-state index contributed by atoms with van der Waals surface area (Å²) in [5.41, 5.74) is 0.588. The van der Waals surface area contributed by atoms with Crippen LogP contribution in [0.4, 0.5) is 5.00 Å². The largest absolute Gasteiger partial charge is 0.466 e. The van der Waals surface area contributed by atoms with Crippen molar-refractivity contribution in [2.45, 2.75) is 33.6 Å². The normalized spacial score (nSPS) is 10.4. The number of aryl methyl sites for hydroxylation is 1. The molecule has 22 heavy (non-hydrogen) atoms. The molecular formula is C14H20INO4S2. The number of hydrogen-bond acceptors (Lipinski definition) is 7. The van der Waals surface area contributed by atoms with E-state index in [2.05, 4.69) is 21.2 Å². The summed E-state index contributed by atoms with van der Waals surface area (Å²) in [6.07, 6.45) is 1.05. The first kappa shape index (κ1) is 19.6. The Balaban J connectivity index is 2.73. The van der Waals surface area contributed by atoms with Crippen LogP contribution in [0, 0.1) is 6.92 Å². The van der Waals surface area contributed by atoms with Crippen molar-refractivity contribution >= 4 is 58.6 Å². The second-order valence-electron chi connectivity index (χ2n) is 4.38. The van der Waals surface area contributed by atoms with Gasteiger partial charge in [-0.05, 0) is 33.3 Å². The summed E-state index contributed by atoms with van der Waals surface area (Å²) in [5, 5.41) is 0.874. The van der Waals surface area contributed by atoms with Crippen molar-refractivity contribution in [2.75, 3.05) is 24.1 Å². The summed E-state index contributed by atoms with van der Waals surface area (Å²) < 4.78 is 12.0. The van der Waals surface area contributed by atoms with Gasteiger partial charge in [0, 0.05) is 48.2 Å². The lowest BCUT2D eigenvalue weighted by Gasteiger charge is -2.19. The number of halogens is 1. The van der Waals surface area contributed by atoms with E-state index in [1.165, 1.54) is 9.12 Å². The minimum atomic E-state index is -0.303. The van der Waals surface area contributed by atoms with Crippen LogP contribution in [0.1, 0.15) is 41.9 Å². The van der Waals surface area contributed by atoms with Crippen molar-refractivity contribution in [2.24, 2.45) is 0 Å². The Morgan fingerprint density at radius 3 is 2.59 bits per heavy atom. The zero-order chi connectivity index (χ0) is 16.5. The Bertz CT molecular complexity index is 507. The molecule has 0 spiro atoms. The highest BCUT2D eigenvalue weighted by molar-refractivity contribution is 14.2. The molecule has 1 rings (SSSR count). The Hall–Kier alpha value is -0.480. The molecule has 1 aromatic rings. The van der Waals surface area contributed by atoms with Gasteiger partial charge in [0.2, 0.25) is 0 Å². The van der Waals surface area contributed by atoms with Gasteiger partial charge in [-0.15, -0.1) is 11.3 Å². The molecule has 0 amide bonds. The number of nitrogens with zero attached hydrogens (tertiary/aromatic N) is 1. The number of carbonyl (C=O) groups is 2. The van der Waals surface area contributed by atoms with E-state index in [-0.39, 0.29) is 11.9 Å². The van der Waals surface area contributed by atoms with E-state index in [1.54, 1.807) is 25.2 Å². The summed E-state index contributed by atoms with van der Waals surface area (Å²) in [4.78, 5) is 24.5. The zero-order valence-corrected chi connectivity index (χ0v) is 16.7. The standard InChI is InChI=1S/C14H20INO4S2/c1-4-19-12(17)7-6-8-16(22-15)13-11(9-10(3)21-13)14(18)20-5-2/h9H,4-8H2,1-3H3. The monoisotopic (exact) mass is 457 g/mol. The average molecular weight is 457 g/mol. The maximum Gasteiger partial charge on any atom is 0.341 e. The zero-order valence-electron chi connectivity index (χ0n) is 12.9. The Morgan fingerprint density at radius 2 is 2.00 bits per heavy atom.